The third-order valence-electron chi connectivity index (χ3n) is 3.06. The van der Waals surface area contributed by atoms with E-state index in [9.17, 15) is 13.2 Å². The van der Waals surface area contributed by atoms with Crippen LogP contribution in [0.2, 0.25) is 5.02 Å². The molecule has 1 heterocycles. The molecule has 0 saturated heterocycles. The van der Waals surface area contributed by atoms with Crippen molar-refractivity contribution in [2.75, 3.05) is 0 Å². The van der Waals surface area contributed by atoms with Crippen molar-refractivity contribution in [2.45, 2.75) is 10.5 Å². The van der Waals surface area contributed by atoms with Crippen molar-refractivity contribution in [3.8, 4) is 11.3 Å². The van der Waals surface area contributed by atoms with Gasteiger partial charge in [0.2, 0.25) is 0 Å². The summed E-state index contributed by atoms with van der Waals surface area (Å²) in [5.41, 5.74) is -3.17. The highest BCUT2D eigenvalue weighted by Gasteiger charge is 2.31. The van der Waals surface area contributed by atoms with Crippen molar-refractivity contribution < 1.29 is 13.2 Å². The Bertz CT molecular complexity index is 816. The fraction of sp³-hybridized carbons (Fsp3) is 0.0625. The van der Waals surface area contributed by atoms with E-state index in [1.54, 1.807) is 54.6 Å². The van der Waals surface area contributed by atoms with Gasteiger partial charge in [-0.2, -0.15) is 13.2 Å². The van der Waals surface area contributed by atoms with Gasteiger partial charge in [-0.25, -0.2) is 4.98 Å². The van der Waals surface area contributed by atoms with Crippen LogP contribution < -0.4 is 0 Å². The minimum Gasteiger partial charge on any atom is -0.240 e. The Labute approximate surface area is 134 Å². The van der Waals surface area contributed by atoms with E-state index in [0.717, 1.165) is 5.56 Å². The highest BCUT2D eigenvalue weighted by atomic mass is 35.5. The van der Waals surface area contributed by atoms with Crippen molar-refractivity contribution in [1.82, 2.24) is 4.98 Å². The summed E-state index contributed by atoms with van der Waals surface area (Å²) >= 11 is 5.64. The van der Waals surface area contributed by atoms with Crippen LogP contribution in [0.5, 0.6) is 0 Å². The number of benzene rings is 2. The molecule has 0 atom stereocenters. The van der Waals surface area contributed by atoms with Gasteiger partial charge in [-0.1, -0.05) is 48.0 Å². The zero-order valence-corrected chi connectivity index (χ0v) is 12.6. The van der Waals surface area contributed by atoms with Gasteiger partial charge in [0.15, 0.2) is 0 Å². The molecule has 22 heavy (non-hydrogen) atoms. The minimum atomic E-state index is -4.38. The van der Waals surface area contributed by atoms with Crippen LogP contribution in [0, 0.1) is 0 Å². The first-order valence-corrected chi connectivity index (χ1v) is 7.53. The molecule has 0 aliphatic rings. The van der Waals surface area contributed by atoms with E-state index < -0.39 is 5.51 Å². The molecule has 0 bridgehead atoms. The van der Waals surface area contributed by atoms with Gasteiger partial charge in [0.25, 0.3) is 0 Å². The number of fused-ring (bicyclic) bond motifs is 1. The lowest BCUT2D eigenvalue weighted by Crippen LogP contribution is -2.01. The van der Waals surface area contributed by atoms with Crippen molar-refractivity contribution in [1.29, 1.82) is 0 Å². The first-order valence-electron chi connectivity index (χ1n) is 6.34. The molecule has 0 saturated carbocycles. The van der Waals surface area contributed by atoms with E-state index in [0.29, 0.717) is 21.5 Å². The van der Waals surface area contributed by atoms with Crippen molar-refractivity contribution in [3.63, 3.8) is 0 Å². The molecule has 3 aromatic rings. The number of hydrogen-bond donors (Lipinski definition) is 0. The SMILES string of the molecule is FC(F)(F)Sc1nc(-c2ccc(Cl)cc2)cc2ccccc12. The summed E-state index contributed by atoms with van der Waals surface area (Å²) in [6, 6.07) is 15.5. The molecule has 2 aromatic carbocycles. The van der Waals surface area contributed by atoms with Crippen LogP contribution in [0.1, 0.15) is 0 Å². The molecule has 0 spiro atoms. The number of aromatic nitrogens is 1. The van der Waals surface area contributed by atoms with Crippen molar-refractivity contribution in [2.24, 2.45) is 0 Å². The zero-order valence-electron chi connectivity index (χ0n) is 11.1. The number of hydrogen-bond acceptors (Lipinski definition) is 2. The normalized spacial score (nSPS) is 11.8. The number of nitrogens with zero attached hydrogens (tertiary/aromatic N) is 1. The van der Waals surface area contributed by atoms with Crippen LogP contribution in [0.15, 0.2) is 59.6 Å². The Balaban J connectivity index is 2.18. The van der Waals surface area contributed by atoms with E-state index >= 15 is 0 Å². The predicted octanol–water partition coefficient (Wildman–Crippen LogP) is 6.17. The maximum atomic E-state index is 12.8. The molecular formula is C16H9ClF3NS. The summed E-state index contributed by atoms with van der Waals surface area (Å²) in [5.74, 6) is 0. The highest BCUT2D eigenvalue weighted by Crippen LogP contribution is 2.40. The summed E-state index contributed by atoms with van der Waals surface area (Å²) in [6.45, 7) is 0. The smallest absolute Gasteiger partial charge is 0.240 e. The van der Waals surface area contributed by atoms with E-state index in [2.05, 4.69) is 4.98 Å². The summed E-state index contributed by atoms with van der Waals surface area (Å²) in [4.78, 5) is 4.19. The predicted molar refractivity (Wildman–Crippen MR) is 84.1 cm³/mol. The van der Waals surface area contributed by atoms with Crippen molar-refractivity contribution in [3.05, 3.63) is 59.6 Å². The van der Waals surface area contributed by atoms with Gasteiger partial charge in [0.1, 0.15) is 5.03 Å². The first kappa shape index (κ1) is 15.2. The lowest BCUT2D eigenvalue weighted by Gasteiger charge is -2.11. The van der Waals surface area contributed by atoms with E-state index in [4.69, 9.17) is 11.6 Å². The Morgan fingerprint density at radius 3 is 2.32 bits per heavy atom. The van der Waals surface area contributed by atoms with Gasteiger partial charge in [0, 0.05) is 27.7 Å². The second-order valence-electron chi connectivity index (χ2n) is 4.59. The summed E-state index contributed by atoms with van der Waals surface area (Å²) in [5, 5.41) is 1.72. The Morgan fingerprint density at radius 2 is 1.64 bits per heavy atom. The Kier molecular flexibility index (Phi) is 4.02. The highest BCUT2D eigenvalue weighted by molar-refractivity contribution is 8.00. The molecule has 0 radical (unpaired) electrons. The Hall–Kier alpha value is -1.72. The topological polar surface area (TPSA) is 12.9 Å². The van der Waals surface area contributed by atoms with Crippen LogP contribution >= 0.6 is 23.4 Å². The molecule has 0 aliphatic carbocycles. The monoisotopic (exact) mass is 339 g/mol. The van der Waals surface area contributed by atoms with Gasteiger partial charge >= 0.3 is 5.51 Å². The second kappa shape index (κ2) is 5.82. The molecule has 1 aromatic heterocycles. The summed E-state index contributed by atoms with van der Waals surface area (Å²) in [7, 11) is 0. The van der Waals surface area contributed by atoms with Crippen LogP contribution in [-0.2, 0) is 0 Å². The third kappa shape index (κ3) is 3.36. The fourth-order valence-electron chi connectivity index (χ4n) is 2.12. The molecule has 0 unspecified atom stereocenters. The lowest BCUT2D eigenvalue weighted by atomic mass is 10.1. The van der Waals surface area contributed by atoms with Gasteiger partial charge in [-0.05, 0) is 23.6 Å². The average molecular weight is 340 g/mol. The number of thioether (sulfide) groups is 1. The Morgan fingerprint density at radius 1 is 0.955 bits per heavy atom. The maximum Gasteiger partial charge on any atom is 0.447 e. The average Bonchev–Trinajstić information content (AvgIpc) is 2.46. The molecule has 3 rings (SSSR count). The molecule has 0 amide bonds. The summed E-state index contributed by atoms with van der Waals surface area (Å²) in [6.07, 6.45) is 0. The third-order valence-corrected chi connectivity index (χ3v) is 4.05. The van der Waals surface area contributed by atoms with Gasteiger partial charge in [-0.3, -0.25) is 0 Å². The molecular weight excluding hydrogens is 331 g/mol. The van der Waals surface area contributed by atoms with E-state index in [1.807, 2.05) is 0 Å². The van der Waals surface area contributed by atoms with Gasteiger partial charge in [-0.15, -0.1) is 0 Å². The molecule has 1 nitrogen and oxygen atoms in total. The molecule has 0 aliphatic heterocycles. The molecule has 0 N–H and O–H groups in total. The quantitative estimate of drug-likeness (QED) is 0.518. The number of pyridine rings is 1. The standard InChI is InChI=1S/C16H9ClF3NS/c17-12-7-5-10(6-8-12)14-9-11-3-1-2-4-13(11)15(21-14)22-16(18,19)20/h1-9H. The van der Waals surface area contributed by atoms with Crippen LogP contribution in [0.3, 0.4) is 0 Å². The number of rotatable bonds is 2. The van der Waals surface area contributed by atoms with Crippen LogP contribution in [0.4, 0.5) is 13.2 Å². The second-order valence-corrected chi connectivity index (χ2v) is 6.08. The largest absolute Gasteiger partial charge is 0.447 e. The van der Waals surface area contributed by atoms with E-state index in [-0.39, 0.29) is 16.8 Å². The van der Waals surface area contributed by atoms with E-state index in [1.165, 1.54) is 0 Å². The van der Waals surface area contributed by atoms with Crippen LogP contribution in [0.25, 0.3) is 22.0 Å². The zero-order chi connectivity index (χ0) is 15.7. The number of halogens is 4. The molecule has 112 valence electrons. The minimum absolute atomic E-state index is 0.0458. The first-order chi connectivity index (χ1) is 10.4. The molecule has 6 heteroatoms. The van der Waals surface area contributed by atoms with Gasteiger partial charge in [0.05, 0.1) is 5.69 Å². The van der Waals surface area contributed by atoms with Gasteiger partial charge < -0.3 is 0 Å². The van der Waals surface area contributed by atoms with Crippen molar-refractivity contribution >= 4 is 34.1 Å². The maximum absolute atomic E-state index is 12.8. The lowest BCUT2D eigenvalue weighted by molar-refractivity contribution is -0.0328. The van der Waals surface area contributed by atoms with Crippen LogP contribution in [-0.4, -0.2) is 10.5 Å². The molecule has 0 fully saturated rings. The summed E-state index contributed by atoms with van der Waals surface area (Å²) < 4.78 is 38.3. The number of alkyl halides is 3. The fourth-order valence-corrected chi connectivity index (χ4v) is 2.91.